The maximum absolute atomic E-state index is 13.1. The molecule has 1 aliphatic carbocycles. The molecule has 2 aromatic rings. The first-order valence-corrected chi connectivity index (χ1v) is 9.38. The van der Waals surface area contributed by atoms with Crippen LogP contribution in [0.1, 0.15) is 73.4 Å². The maximum atomic E-state index is 13.1. The number of urea groups is 1. The standard InChI is InChI=1S/C19H26N4O2/c1-13-9-10-17(25-13)16-8-3-2-4-11-23(16)19(24)21-15-7-5-6-14-12-20-22-18(14)15/h9-10,12,15-16H,2-8,11H2,1H3,(H,20,22)(H,21,24). The Balaban J connectivity index is 1.53. The zero-order valence-corrected chi connectivity index (χ0v) is 14.8. The Kier molecular flexibility index (Phi) is 4.51. The number of fused-ring (bicyclic) bond motifs is 1. The van der Waals surface area contributed by atoms with Crippen molar-refractivity contribution in [3.63, 3.8) is 0 Å². The first-order valence-electron chi connectivity index (χ1n) is 9.38. The van der Waals surface area contributed by atoms with Gasteiger partial charge >= 0.3 is 6.03 Å². The SMILES string of the molecule is Cc1ccc(C2CCCCCN2C(=O)NC2CCCc3cn[nH]c32)o1. The van der Waals surface area contributed by atoms with Crippen LogP contribution >= 0.6 is 0 Å². The zero-order valence-electron chi connectivity index (χ0n) is 14.8. The highest BCUT2D eigenvalue weighted by atomic mass is 16.3. The van der Waals surface area contributed by atoms with E-state index in [9.17, 15) is 4.79 Å². The molecule has 134 valence electrons. The number of aryl methyl sites for hydroxylation is 2. The van der Waals surface area contributed by atoms with E-state index in [1.165, 1.54) is 5.56 Å². The minimum Gasteiger partial charge on any atom is -0.464 e. The van der Waals surface area contributed by atoms with Crippen LogP contribution in [-0.4, -0.2) is 27.7 Å². The zero-order chi connectivity index (χ0) is 17.2. The predicted molar refractivity (Wildman–Crippen MR) is 94.2 cm³/mol. The Morgan fingerprint density at radius 3 is 3.04 bits per heavy atom. The highest BCUT2D eigenvalue weighted by Crippen LogP contribution is 2.33. The number of H-pyrrole nitrogens is 1. The fourth-order valence-corrected chi connectivity index (χ4v) is 4.12. The second-order valence-corrected chi connectivity index (χ2v) is 7.21. The summed E-state index contributed by atoms with van der Waals surface area (Å²) in [7, 11) is 0. The number of hydrogen-bond acceptors (Lipinski definition) is 3. The van der Waals surface area contributed by atoms with Crippen molar-refractivity contribution >= 4 is 6.03 Å². The van der Waals surface area contributed by atoms with Crippen molar-refractivity contribution in [3.05, 3.63) is 41.1 Å². The smallest absolute Gasteiger partial charge is 0.318 e. The van der Waals surface area contributed by atoms with Crippen molar-refractivity contribution in [2.75, 3.05) is 6.54 Å². The fourth-order valence-electron chi connectivity index (χ4n) is 4.12. The second-order valence-electron chi connectivity index (χ2n) is 7.21. The van der Waals surface area contributed by atoms with Gasteiger partial charge in [-0.15, -0.1) is 0 Å². The van der Waals surface area contributed by atoms with Gasteiger partial charge in [0, 0.05) is 6.54 Å². The lowest BCUT2D eigenvalue weighted by molar-refractivity contribution is 0.161. The van der Waals surface area contributed by atoms with E-state index in [4.69, 9.17) is 4.42 Å². The van der Waals surface area contributed by atoms with Crippen LogP contribution in [-0.2, 0) is 6.42 Å². The first kappa shape index (κ1) is 16.2. The lowest BCUT2D eigenvalue weighted by atomic mass is 9.94. The largest absolute Gasteiger partial charge is 0.464 e. The summed E-state index contributed by atoms with van der Waals surface area (Å²) in [6.45, 7) is 2.73. The van der Waals surface area contributed by atoms with Crippen molar-refractivity contribution in [3.8, 4) is 0 Å². The molecule has 0 bridgehead atoms. The van der Waals surface area contributed by atoms with E-state index in [2.05, 4.69) is 15.5 Å². The summed E-state index contributed by atoms with van der Waals surface area (Å²) in [5, 5.41) is 10.5. The second kappa shape index (κ2) is 6.94. The third kappa shape index (κ3) is 3.30. The normalized spacial score (nSPS) is 23.8. The van der Waals surface area contributed by atoms with E-state index in [1.807, 2.05) is 30.2 Å². The van der Waals surface area contributed by atoms with Gasteiger partial charge in [-0.05, 0) is 56.7 Å². The molecule has 2 amide bonds. The molecule has 2 aliphatic rings. The summed E-state index contributed by atoms with van der Waals surface area (Å²) in [5.74, 6) is 1.80. The molecular formula is C19H26N4O2. The van der Waals surface area contributed by atoms with E-state index >= 15 is 0 Å². The molecule has 0 saturated carbocycles. The van der Waals surface area contributed by atoms with Gasteiger partial charge in [-0.1, -0.05) is 12.8 Å². The van der Waals surface area contributed by atoms with E-state index in [-0.39, 0.29) is 18.1 Å². The summed E-state index contributed by atoms with van der Waals surface area (Å²) in [5.41, 5.74) is 2.30. The predicted octanol–water partition coefficient (Wildman–Crippen LogP) is 4.02. The third-order valence-electron chi connectivity index (χ3n) is 5.44. The molecule has 3 heterocycles. The Bertz CT molecular complexity index is 735. The monoisotopic (exact) mass is 342 g/mol. The summed E-state index contributed by atoms with van der Waals surface area (Å²) in [4.78, 5) is 15.0. The Labute approximate surface area is 148 Å². The van der Waals surface area contributed by atoms with E-state index in [0.717, 1.165) is 68.7 Å². The van der Waals surface area contributed by atoms with E-state index in [0.29, 0.717) is 0 Å². The number of aromatic amines is 1. The van der Waals surface area contributed by atoms with Crippen LogP contribution in [0.3, 0.4) is 0 Å². The average molecular weight is 342 g/mol. The van der Waals surface area contributed by atoms with Gasteiger partial charge in [-0.3, -0.25) is 5.10 Å². The molecule has 2 atom stereocenters. The van der Waals surface area contributed by atoms with Crippen molar-refractivity contribution in [1.29, 1.82) is 0 Å². The van der Waals surface area contributed by atoms with Crippen LogP contribution in [0.5, 0.6) is 0 Å². The molecule has 6 heteroatoms. The molecule has 0 spiro atoms. The fraction of sp³-hybridized carbons (Fsp3) is 0.579. The first-order chi connectivity index (χ1) is 12.2. The highest BCUT2D eigenvalue weighted by Gasteiger charge is 2.31. The van der Waals surface area contributed by atoms with Gasteiger partial charge in [0.15, 0.2) is 0 Å². The minimum absolute atomic E-state index is 0.00778. The van der Waals surface area contributed by atoms with Crippen molar-refractivity contribution in [1.82, 2.24) is 20.4 Å². The topological polar surface area (TPSA) is 74.2 Å². The quantitative estimate of drug-likeness (QED) is 0.866. The summed E-state index contributed by atoms with van der Waals surface area (Å²) < 4.78 is 5.85. The number of amides is 2. The van der Waals surface area contributed by atoms with Gasteiger partial charge in [0.05, 0.1) is 24.0 Å². The Morgan fingerprint density at radius 1 is 1.28 bits per heavy atom. The maximum Gasteiger partial charge on any atom is 0.318 e. The van der Waals surface area contributed by atoms with Crippen LogP contribution < -0.4 is 5.32 Å². The number of nitrogens with one attached hydrogen (secondary N) is 2. The number of likely N-dealkylation sites (tertiary alicyclic amines) is 1. The van der Waals surface area contributed by atoms with Crippen LogP contribution in [0.25, 0.3) is 0 Å². The van der Waals surface area contributed by atoms with E-state index in [1.54, 1.807) is 0 Å². The number of nitrogens with zero attached hydrogens (tertiary/aromatic N) is 2. The van der Waals surface area contributed by atoms with Gasteiger partial charge in [-0.2, -0.15) is 5.10 Å². The number of hydrogen-bond donors (Lipinski definition) is 2. The number of rotatable bonds is 2. The van der Waals surface area contributed by atoms with Gasteiger partial charge in [0.2, 0.25) is 0 Å². The van der Waals surface area contributed by atoms with Crippen LogP contribution in [0.15, 0.2) is 22.7 Å². The number of aromatic nitrogens is 2. The number of furan rings is 1. The number of carbonyl (C=O) groups is 1. The minimum atomic E-state index is 0.00778. The molecule has 1 aliphatic heterocycles. The Hall–Kier alpha value is -2.24. The average Bonchev–Trinajstić information content (AvgIpc) is 3.18. The lowest BCUT2D eigenvalue weighted by Gasteiger charge is -2.32. The Morgan fingerprint density at radius 2 is 2.20 bits per heavy atom. The highest BCUT2D eigenvalue weighted by molar-refractivity contribution is 5.75. The van der Waals surface area contributed by atoms with Gasteiger partial charge in [0.1, 0.15) is 11.5 Å². The molecule has 0 aromatic carbocycles. The summed E-state index contributed by atoms with van der Waals surface area (Å²) >= 11 is 0. The van der Waals surface area contributed by atoms with Gasteiger partial charge in [0.25, 0.3) is 0 Å². The third-order valence-corrected chi connectivity index (χ3v) is 5.44. The molecule has 2 N–H and O–H groups in total. The molecule has 2 aromatic heterocycles. The summed E-state index contributed by atoms with van der Waals surface area (Å²) in [6, 6.07) is 4.06. The van der Waals surface area contributed by atoms with Crippen LogP contribution in [0.2, 0.25) is 0 Å². The van der Waals surface area contributed by atoms with Crippen molar-refractivity contribution in [2.24, 2.45) is 0 Å². The lowest BCUT2D eigenvalue weighted by Crippen LogP contribution is -2.44. The van der Waals surface area contributed by atoms with Crippen LogP contribution in [0.4, 0.5) is 4.79 Å². The molecule has 6 nitrogen and oxygen atoms in total. The van der Waals surface area contributed by atoms with Crippen LogP contribution in [0, 0.1) is 6.92 Å². The molecule has 1 saturated heterocycles. The molecule has 25 heavy (non-hydrogen) atoms. The van der Waals surface area contributed by atoms with Crippen molar-refractivity contribution in [2.45, 2.75) is 64.0 Å². The van der Waals surface area contributed by atoms with Gasteiger partial charge < -0.3 is 14.6 Å². The molecule has 2 unspecified atom stereocenters. The summed E-state index contributed by atoms with van der Waals surface area (Å²) in [6.07, 6.45) is 9.25. The van der Waals surface area contributed by atoms with Crippen molar-refractivity contribution < 1.29 is 9.21 Å². The van der Waals surface area contributed by atoms with Gasteiger partial charge in [-0.25, -0.2) is 4.79 Å². The molecule has 4 rings (SSSR count). The molecular weight excluding hydrogens is 316 g/mol. The molecule has 1 fully saturated rings. The number of carbonyl (C=O) groups excluding carboxylic acids is 1. The van der Waals surface area contributed by atoms with E-state index < -0.39 is 0 Å². The molecule has 0 radical (unpaired) electrons.